The summed E-state index contributed by atoms with van der Waals surface area (Å²) in [6.07, 6.45) is 3.22. The lowest BCUT2D eigenvalue weighted by molar-refractivity contribution is -0.0665. The van der Waals surface area contributed by atoms with Crippen LogP contribution in [0, 0.1) is 5.82 Å². The fourth-order valence-electron chi connectivity index (χ4n) is 2.49. The van der Waals surface area contributed by atoms with Crippen LogP contribution in [-0.2, 0) is 0 Å². The zero-order chi connectivity index (χ0) is 10.5. The number of hydrogen-bond donors (Lipinski definition) is 1. The Hall–Kier alpha value is -1.09. The minimum atomic E-state index is -0.505. The zero-order valence-electron chi connectivity index (χ0n) is 8.37. The summed E-state index contributed by atoms with van der Waals surface area (Å²) < 4.78 is 18.8. The van der Waals surface area contributed by atoms with Crippen molar-refractivity contribution < 1.29 is 14.2 Å². The predicted molar refractivity (Wildman–Crippen MR) is 53.2 cm³/mol. The molecule has 1 aromatic rings. The Kier molecular flexibility index (Phi) is 1.80. The van der Waals surface area contributed by atoms with Gasteiger partial charge in [0.2, 0.25) is 0 Å². The molecule has 1 fully saturated rings. The standard InChI is InChI=1S/C12H13FO2/c13-8-2-3-9-10(14)7-12(4-1-5-12)15-11(9)6-8/h2-3,6,10,14H,1,4-5,7H2/t10-/m1/s1. The van der Waals surface area contributed by atoms with Crippen LogP contribution in [0.3, 0.4) is 0 Å². The van der Waals surface area contributed by atoms with Gasteiger partial charge in [-0.15, -0.1) is 0 Å². The number of halogens is 1. The van der Waals surface area contributed by atoms with E-state index in [1.807, 2.05) is 0 Å². The molecule has 1 aliphatic heterocycles. The van der Waals surface area contributed by atoms with E-state index in [0.717, 1.165) is 19.3 Å². The van der Waals surface area contributed by atoms with Gasteiger partial charge in [0, 0.05) is 18.1 Å². The van der Waals surface area contributed by atoms with Crippen LogP contribution in [-0.4, -0.2) is 10.7 Å². The van der Waals surface area contributed by atoms with Crippen molar-refractivity contribution >= 4 is 0 Å². The fourth-order valence-corrected chi connectivity index (χ4v) is 2.49. The van der Waals surface area contributed by atoms with Crippen molar-refractivity contribution in [3.05, 3.63) is 29.6 Å². The van der Waals surface area contributed by atoms with Gasteiger partial charge in [-0.2, -0.15) is 0 Å². The maximum absolute atomic E-state index is 13.0. The largest absolute Gasteiger partial charge is 0.487 e. The van der Waals surface area contributed by atoms with Gasteiger partial charge in [0.05, 0.1) is 6.10 Å². The SMILES string of the molecule is O[C@@H]1CC2(CCC2)Oc2cc(F)ccc21. The summed E-state index contributed by atoms with van der Waals surface area (Å²) in [6, 6.07) is 4.35. The predicted octanol–water partition coefficient (Wildman–Crippen LogP) is 2.56. The van der Waals surface area contributed by atoms with Crippen molar-refractivity contribution in [3.63, 3.8) is 0 Å². The van der Waals surface area contributed by atoms with Gasteiger partial charge in [-0.25, -0.2) is 4.39 Å². The molecule has 0 amide bonds. The molecule has 1 atom stereocenters. The molecule has 1 heterocycles. The molecular weight excluding hydrogens is 195 g/mol. The number of hydrogen-bond acceptors (Lipinski definition) is 2. The van der Waals surface area contributed by atoms with E-state index in [-0.39, 0.29) is 11.4 Å². The van der Waals surface area contributed by atoms with Gasteiger partial charge in [-0.05, 0) is 31.4 Å². The third-order valence-corrected chi connectivity index (χ3v) is 3.49. The summed E-state index contributed by atoms with van der Waals surface area (Å²) in [5.41, 5.74) is 0.508. The number of benzene rings is 1. The molecule has 3 heteroatoms. The van der Waals surface area contributed by atoms with Gasteiger partial charge < -0.3 is 9.84 Å². The highest BCUT2D eigenvalue weighted by molar-refractivity contribution is 5.39. The van der Waals surface area contributed by atoms with E-state index in [9.17, 15) is 9.50 Å². The van der Waals surface area contributed by atoms with E-state index in [0.29, 0.717) is 17.7 Å². The average Bonchev–Trinajstić information content (AvgIpc) is 2.14. The first-order valence-corrected chi connectivity index (χ1v) is 5.35. The molecule has 1 aromatic carbocycles. The van der Waals surface area contributed by atoms with Gasteiger partial charge in [0.15, 0.2) is 0 Å². The summed E-state index contributed by atoms with van der Waals surface area (Å²) in [7, 11) is 0. The topological polar surface area (TPSA) is 29.5 Å². The average molecular weight is 208 g/mol. The maximum atomic E-state index is 13.0. The van der Waals surface area contributed by atoms with Crippen molar-refractivity contribution in [3.8, 4) is 5.75 Å². The quantitative estimate of drug-likeness (QED) is 0.710. The molecule has 0 radical (unpaired) electrons. The molecule has 0 saturated heterocycles. The van der Waals surface area contributed by atoms with Gasteiger partial charge in [0.25, 0.3) is 0 Å². The van der Waals surface area contributed by atoms with Gasteiger partial charge in [0.1, 0.15) is 17.2 Å². The zero-order valence-corrected chi connectivity index (χ0v) is 8.37. The van der Waals surface area contributed by atoms with Crippen LogP contribution in [0.15, 0.2) is 18.2 Å². The lowest BCUT2D eigenvalue weighted by atomic mass is 9.73. The highest BCUT2D eigenvalue weighted by Gasteiger charge is 2.45. The third kappa shape index (κ3) is 1.34. The Morgan fingerprint density at radius 1 is 1.40 bits per heavy atom. The van der Waals surface area contributed by atoms with Crippen molar-refractivity contribution in [1.29, 1.82) is 0 Å². The van der Waals surface area contributed by atoms with E-state index in [2.05, 4.69) is 0 Å². The first kappa shape index (κ1) is 9.16. The van der Waals surface area contributed by atoms with E-state index < -0.39 is 6.10 Å². The first-order chi connectivity index (χ1) is 7.19. The maximum Gasteiger partial charge on any atom is 0.128 e. The number of aliphatic hydroxyl groups excluding tert-OH is 1. The number of ether oxygens (including phenoxy) is 1. The van der Waals surface area contributed by atoms with Gasteiger partial charge in [-0.1, -0.05) is 0 Å². The van der Waals surface area contributed by atoms with Crippen LogP contribution < -0.4 is 4.74 Å². The Bertz CT molecular complexity index is 399. The monoisotopic (exact) mass is 208 g/mol. The van der Waals surface area contributed by atoms with Crippen LogP contribution in [0.2, 0.25) is 0 Å². The van der Waals surface area contributed by atoms with Crippen molar-refractivity contribution in [2.45, 2.75) is 37.4 Å². The molecule has 1 spiro atoms. The molecule has 3 rings (SSSR count). The number of fused-ring (bicyclic) bond motifs is 1. The highest BCUT2D eigenvalue weighted by atomic mass is 19.1. The molecule has 2 aliphatic rings. The van der Waals surface area contributed by atoms with E-state index in [4.69, 9.17) is 4.74 Å². The summed E-state index contributed by atoms with van der Waals surface area (Å²) in [4.78, 5) is 0. The molecular formula is C12H13FO2. The summed E-state index contributed by atoms with van der Waals surface area (Å²) >= 11 is 0. The molecule has 1 N–H and O–H groups in total. The van der Waals surface area contributed by atoms with Crippen LogP contribution >= 0.6 is 0 Å². The molecule has 1 saturated carbocycles. The smallest absolute Gasteiger partial charge is 0.128 e. The van der Waals surface area contributed by atoms with Crippen molar-refractivity contribution in [2.75, 3.05) is 0 Å². The van der Waals surface area contributed by atoms with Crippen LogP contribution in [0.4, 0.5) is 4.39 Å². The molecule has 15 heavy (non-hydrogen) atoms. The molecule has 0 aromatic heterocycles. The van der Waals surface area contributed by atoms with Crippen LogP contribution in [0.5, 0.6) is 5.75 Å². The van der Waals surface area contributed by atoms with Gasteiger partial charge in [-0.3, -0.25) is 0 Å². The summed E-state index contributed by atoms with van der Waals surface area (Å²) in [5.74, 6) is 0.214. The normalized spacial score (nSPS) is 26.7. The third-order valence-electron chi connectivity index (χ3n) is 3.49. The molecule has 2 nitrogen and oxygen atoms in total. The van der Waals surface area contributed by atoms with Crippen LogP contribution in [0.1, 0.15) is 37.4 Å². The molecule has 0 bridgehead atoms. The van der Waals surface area contributed by atoms with Crippen LogP contribution in [0.25, 0.3) is 0 Å². The summed E-state index contributed by atoms with van der Waals surface area (Å²) in [6.45, 7) is 0. The Labute approximate surface area is 87.7 Å². The second kappa shape index (κ2) is 2.95. The fraction of sp³-hybridized carbons (Fsp3) is 0.500. The Morgan fingerprint density at radius 2 is 2.20 bits per heavy atom. The Morgan fingerprint density at radius 3 is 2.87 bits per heavy atom. The van der Waals surface area contributed by atoms with E-state index in [1.165, 1.54) is 12.1 Å². The second-order valence-corrected chi connectivity index (χ2v) is 4.54. The molecule has 0 unspecified atom stereocenters. The minimum absolute atomic E-state index is 0.208. The second-order valence-electron chi connectivity index (χ2n) is 4.54. The lowest BCUT2D eigenvalue weighted by Crippen LogP contribution is -2.46. The van der Waals surface area contributed by atoms with E-state index >= 15 is 0 Å². The Balaban J connectivity index is 2.01. The van der Waals surface area contributed by atoms with E-state index in [1.54, 1.807) is 6.07 Å². The highest BCUT2D eigenvalue weighted by Crippen LogP contribution is 2.48. The lowest BCUT2D eigenvalue weighted by Gasteiger charge is -2.46. The minimum Gasteiger partial charge on any atom is -0.487 e. The van der Waals surface area contributed by atoms with Crippen molar-refractivity contribution in [1.82, 2.24) is 0 Å². The number of aliphatic hydroxyl groups is 1. The molecule has 80 valence electrons. The van der Waals surface area contributed by atoms with Gasteiger partial charge >= 0.3 is 0 Å². The first-order valence-electron chi connectivity index (χ1n) is 5.35. The molecule has 1 aliphatic carbocycles. The summed E-state index contributed by atoms with van der Waals surface area (Å²) in [5, 5.41) is 9.95. The number of rotatable bonds is 0. The van der Waals surface area contributed by atoms with Crippen molar-refractivity contribution in [2.24, 2.45) is 0 Å².